The third kappa shape index (κ3) is 3.05. The molecule has 21 heavy (non-hydrogen) atoms. The molecule has 0 bridgehead atoms. The molecule has 0 aromatic heterocycles. The minimum Gasteiger partial charge on any atom is -0.454 e. The number of aliphatic hydroxyl groups is 1. The number of hydrogen-bond acceptors (Lipinski definition) is 5. The Balaban J connectivity index is 1.61. The van der Waals surface area contributed by atoms with Gasteiger partial charge in [-0.15, -0.1) is 0 Å². The first-order valence-corrected chi connectivity index (χ1v) is 7.29. The predicted octanol–water partition coefficient (Wildman–Crippen LogP) is 1.28. The summed E-state index contributed by atoms with van der Waals surface area (Å²) >= 11 is 0. The number of nitrogens with two attached hydrogens (primary N) is 1. The molecule has 114 valence electrons. The van der Waals surface area contributed by atoms with Gasteiger partial charge in [0.15, 0.2) is 11.5 Å². The van der Waals surface area contributed by atoms with Gasteiger partial charge in [0, 0.05) is 18.3 Å². The van der Waals surface area contributed by atoms with Gasteiger partial charge in [-0.2, -0.15) is 0 Å². The summed E-state index contributed by atoms with van der Waals surface area (Å²) in [7, 11) is 0. The molecule has 1 aliphatic carbocycles. The van der Waals surface area contributed by atoms with Crippen LogP contribution in [0.3, 0.4) is 0 Å². The highest BCUT2D eigenvalue weighted by Gasteiger charge is 2.22. The van der Waals surface area contributed by atoms with E-state index in [-0.39, 0.29) is 18.8 Å². The minimum absolute atomic E-state index is 0.157. The van der Waals surface area contributed by atoms with Crippen molar-refractivity contribution in [3.05, 3.63) is 17.7 Å². The molecule has 6 heteroatoms. The molecule has 2 aliphatic rings. The smallest absolute Gasteiger partial charge is 0.253 e. The Labute approximate surface area is 123 Å². The van der Waals surface area contributed by atoms with Crippen LogP contribution < -0.4 is 20.5 Å². The van der Waals surface area contributed by atoms with Crippen molar-refractivity contribution in [2.45, 2.75) is 31.8 Å². The number of ether oxygens (including phenoxy) is 2. The van der Waals surface area contributed by atoms with E-state index >= 15 is 0 Å². The van der Waals surface area contributed by atoms with E-state index in [1.165, 1.54) is 0 Å². The second-order valence-electron chi connectivity index (χ2n) is 5.68. The number of rotatable bonds is 3. The molecule has 3 rings (SSSR count). The molecule has 6 nitrogen and oxygen atoms in total. The summed E-state index contributed by atoms with van der Waals surface area (Å²) in [5.74, 6) is 1.35. The lowest BCUT2D eigenvalue weighted by molar-refractivity contribution is 0.0910. The highest BCUT2D eigenvalue weighted by atomic mass is 16.7. The summed E-state index contributed by atoms with van der Waals surface area (Å²) in [5.41, 5.74) is 6.69. The van der Waals surface area contributed by atoms with E-state index in [1.54, 1.807) is 12.1 Å². The normalized spacial score (nSPS) is 23.9. The molecule has 1 heterocycles. The lowest BCUT2D eigenvalue weighted by Gasteiger charge is -2.25. The van der Waals surface area contributed by atoms with Crippen LogP contribution in [0.4, 0.5) is 5.69 Å². The Bertz CT molecular complexity index is 539. The number of benzene rings is 1. The first kappa shape index (κ1) is 14.0. The number of nitrogen functional groups attached to an aromatic ring is 1. The topological polar surface area (TPSA) is 93.8 Å². The fourth-order valence-corrected chi connectivity index (χ4v) is 2.84. The molecule has 4 N–H and O–H groups in total. The van der Waals surface area contributed by atoms with Crippen LogP contribution in [0.1, 0.15) is 36.0 Å². The lowest BCUT2D eigenvalue weighted by Crippen LogP contribution is -2.32. The Morgan fingerprint density at radius 2 is 1.90 bits per heavy atom. The molecule has 0 atom stereocenters. The van der Waals surface area contributed by atoms with Crippen molar-refractivity contribution < 1.29 is 19.4 Å². The van der Waals surface area contributed by atoms with E-state index in [0.29, 0.717) is 35.2 Å². The highest BCUT2D eigenvalue weighted by molar-refractivity contribution is 6.00. The first-order valence-electron chi connectivity index (χ1n) is 7.29. The molecular weight excluding hydrogens is 272 g/mol. The van der Waals surface area contributed by atoms with Crippen molar-refractivity contribution in [2.24, 2.45) is 5.92 Å². The Morgan fingerprint density at radius 3 is 2.62 bits per heavy atom. The van der Waals surface area contributed by atoms with Crippen LogP contribution in [0.15, 0.2) is 12.1 Å². The van der Waals surface area contributed by atoms with Gasteiger partial charge in [-0.25, -0.2) is 0 Å². The fourth-order valence-electron chi connectivity index (χ4n) is 2.84. The summed E-state index contributed by atoms with van der Waals surface area (Å²) in [6, 6.07) is 3.24. The summed E-state index contributed by atoms with van der Waals surface area (Å²) in [5, 5.41) is 12.4. The van der Waals surface area contributed by atoms with Gasteiger partial charge in [0.1, 0.15) is 0 Å². The van der Waals surface area contributed by atoms with Crippen LogP contribution in [-0.2, 0) is 0 Å². The fraction of sp³-hybridized carbons (Fsp3) is 0.533. The Hall–Kier alpha value is -1.95. The molecule has 1 amide bonds. The molecule has 0 saturated heterocycles. The van der Waals surface area contributed by atoms with E-state index in [0.717, 1.165) is 25.7 Å². The molecule has 1 saturated carbocycles. The zero-order chi connectivity index (χ0) is 14.8. The SMILES string of the molecule is Nc1cc2c(cc1C(=O)NCC1CCC(O)CC1)OCO2. The number of carbonyl (C=O) groups is 1. The average molecular weight is 292 g/mol. The van der Waals surface area contributed by atoms with Gasteiger partial charge in [-0.3, -0.25) is 4.79 Å². The van der Waals surface area contributed by atoms with Gasteiger partial charge in [-0.1, -0.05) is 0 Å². The number of fused-ring (bicyclic) bond motifs is 1. The maximum Gasteiger partial charge on any atom is 0.253 e. The van der Waals surface area contributed by atoms with E-state index in [4.69, 9.17) is 15.2 Å². The maximum atomic E-state index is 12.2. The summed E-state index contributed by atoms with van der Waals surface area (Å²) in [6.07, 6.45) is 3.33. The molecular formula is C15H20N2O4. The van der Waals surface area contributed by atoms with Gasteiger partial charge in [0.05, 0.1) is 11.7 Å². The number of hydrogen-bond donors (Lipinski definition) is 3. The van der Waals surface area contributed by atoms with Crippen molar-refractivity contribution >= 4 is 11.6 Å². The summed E-state index contributed by atoms with van der Waals surface area (Å²) in [4.78, 5) is 12.2. The molecule has 0 radical (unpaired) electrons. The van der Waals surface area contributed by atoms with E-state index in [1.807, 2.05) is 0 Å². The van der Waals surface area contributed by atoms with Crippen LogP contribution >= 0.6 is 0 Å². The molecule has 0 unspecified atom stereocenters. The summed E-state index contributed by atoms with van der Waals surface area (Å²) in [6.45, 7) is 0.768. The lowest BCUT2D eigenvalue weighted by atomic mass is 9.87. The van der Waals surface area contributed by atoms with Gasteiger partial charge in [-0.05, 0) is 37.7 Å². The second-order valence-corrected chi connectivity index (χ2v) is 5.68. The van der Waals surface area contributed by atoms with Crippen LogP contribution in [0, 0.1) is 5.92 Å². The van der Waals surface area contributed by atoms with Crippen LogP contribution in [-0.4, -0.2) is 30.5 Å². The third-order valence-electron chi connectivity index (χ3n) is 4.16. The number of carbonyl (C=O) groups excluding carboxylic acids is 1. The van der Waals surface area contributed by atoms with Crippen molar-refractivity contribution in [3.8, 4) is 11.5 Å². The molecule has 0 spiro atoms. The van der Waals surface area contributed by atoms with Crippen LogP contribution in [0.5, 0.6) is 11.5 Å². The standard InChI is InChI=1S/C15H20N2O4/c16-12-6-14-13(20-8-21-14)5-11(12)15(19)17-7-9-1-3-10(18)4-2-9/h5-6,9-10,18H,1-4,7-8,16H2,(H,17,19). The molecule has 1 fully saturated rings. The average Bonchev–Trinajstić information content (AvgIpc) is 2.92. The predicted molar refractivity (Wildman–Crippen MR) is 77.3 cm³/mol. The number of nitrogens with one attached hydrogen (secondary N) is 1. The quantitative estimate of drug-likeness (QED) is 0.730. The Morgan fingerprint density at radius 1 is 1.24 bits per heavy atom. The highest BCUT2D eigenvalue weighted by Crippen LogP contribution is 2.35. The summed E-state index contributed by atoms with van der Waals surface area (Å²) < 4.78 is 10.5. The van der Waals surface area contributed by atoms with Crippen LogP contribution in [0.2, 0.25) is 0 Å². The van der Waals surface area contributed by atoms with Crippen LogP contribution in [0.25, 0.3) is 0 Å². The van der Waals surface area contributed by atoms with E-state index < -0.39 is 0 Å². The molecule has 1 aromatic carbocycles. The largest absolute Gasteiger partial charge is 0.454 e. The number of aliphatic hydroxyl groups excluding tert-OH is 1. The number of anilines is 1. The van der Waals surface area contributed by atoms with Gasteiger partial charge >= 0.3 is 0 Å². The maximum absolute atomic E-state index is 12.2. The van der Waals surface area contributed by atoms with E-state index in [2.05, 4.69) is 5.32 Å². The second kappa shape index (κ2) is 5.81. The first-order chi connectivity index (χ1) is 10.1. The van der Waals surface area contributed by atoms with E-state index in [9.17, 15) is 9.90 Å². The number of amides is 1. The molecule has 1 aromatic rings. The zero-order valence-corrected chi connectivity index (χ0v) is 11.8. The zero-order valence-electron chi connectivity index (χ0n) is 11.8. The van der Waals surface area contributed by atoms with Crippen molar-refractivity contribution in [2.75, 3.05) is 19.1 Å². The van der Waals surface area contributed by atoms with Gasteiger partial charge in [0.25, 0.3) is 5.91 Å². The van der Waals surface area contributed by atoms with Crippen molar-refractivity contribution in [1.82, 2.24) is 5.32 Å². The van der Waals surface area contributed by atoms with Crippen molar-refractivity contribution in [1.29, 1.82) is 0 Å². The van der Waals surface area contributed by atoms with Crippen molar-refractivity contribution in [3.63, 3.8) is 0 Å². The molecule has 1 aliphatic heterocycles. The monoisotopic (exact) mass is 292 g/mol. The third-order valence-corrected chi connectivity index (χ3v) is 4.16. The Kier molecular flexibility index (Phi) is 3.88. The van der Waals surface area contributed by atoms with Gasteiger partial charge in [0.2, 0.25) is 6.79 Å². The van der Waals surface area contributed by atoms with Gasteiger partial charge < -0.3 is 25.6 Å². The minimum atomic E-state index is -0.197.